The van der Waals surface area contributed by atoms with Gasteiger partial charge in [-0.05, 0) is 49.6 Å². The Labute approximate surface area is 188 Å². The molecule has 1 saturated carbocycles. The van der Waals surface area contributed by atoms with Crippen molar-refractivity contribution in [3.63, 3.8) is 0 Å². The molecule has 1 aromatic heterocycles. The lowest BCUT2D eigenvalue weighted by molar-refractivity contribution is -0.119. The highest BCUT2D eigenvalue weighted by Gasteiger charge is 2.65. The molecule has 8 heteroatoms. The second-order valence-electron chi connectivity index (χ2n) is 8.81. The van der Waals surface area contributed by atoms with Gasteiger partial charge in [-0.2, -0.15) is 5.10 Å². The van der Waals surface area contributed by atoms with Crippen LogP contribution < -0.4 is 10.2 Å². The number of hydrogen-bond acceptors (Lipinski definition) is 3. The monoisotopic (exact) mass is 452 g/mol. The standard InChI is InChI=1S/C23H18Cl2N4O2/c1-11-3-4-13(25)10-16(11)29-20(30)18-17(19(28-27-18)22(2)7-8-22)23(29)14-6-5-12(24)9-15(14)26-21(23)31/h3-6,9-10H,7-8H2,1-2H3,(H,26,31)(H,27,28). The fourth-order valence-electron chi connectivity index (χ4n) is 4.95. The molecular formula is C23H18Cl2N4O2. The third-order valence-corrected chi connectivity index (χ3v) is 7.30. The van der Waals surface area contributed by atoms with Crippen molar-refractivity contribution in [3.8, 4) is 0 Å². The van der Waals surface area contributed by atoms with Crippen LogP contribution in [0.15, 0.2) is 36.4 Å². The molecule has 1 unspecified atom stereocenters. The van der Waals surface area contributed by atoms with Gasteiger partial charge in [0.1, 0.15) is 0 Å². The highest BCUT2D eigenvalue weighted by atomic mass is 35.5. The second kappa shape index (κ2) is 5.90. The van der Waals surface area contributed by atoms with E-state index in [4.69, 9.17) is 23.2 Å². The van der Waals surface area contributed by atoms with Crippen LogP contribution in [0.5, 0.6) is 0 Å². The number of nitrogens with zero attached hydrogens (tertiary/aromatic N) is 2. The first-order valence-electron chi connectivity index (χ1n) is 10.1. The van der Waals surface area contributed by atoms with E-state index in [0.717, 1.165) is 24.1 Å². The second-order valence-corrected chi connectivity index (χ2v) is 9.68. The zero-order valence-electron chi connectivity index (χ0n) is 16.8. The molecule has 1 atom stereocenters. The summed E-state index contributed by atoms with van der Waals surface area (Å²) in [5.74, 6) is -0.631. The summed E-state index contributed by atoms with van der Waals surface area (Å²) in [4.78, 5) is 29.2. The number of aromatic nitrogens is 2. The van der Waals surface area contributed by atoms with Crippen LogP contribution in [0, 0.1) is 6.92 Å². The van der Waals surface area contributed by atoms with Gasteiger partial charge in [-0.3, -0.25) is 19.6 Å². The zero-order valence-corrected chi connectivity index (χ0v) is 18.4. The average Bonchev–Trinajstić information content (AvgIpc) is 3.10. The fourth-order valence-corrected chi connectivity index (χ4v) is 5.29. The molecule has 2 aromatic carbocycles. The summed E-state index contributed by atoms with van der Waals surface area (Å²) in [6, 6.07) is 10.6. The van der Waals surface area contributed by atoms with Gasteiger partial charge in [-0.1, -0.05) is 42.3 Å². The number of nitrogens with one attached hydrogen (secondary N) is 2. The van der Waals surface area contributed by atoms with Crippen molar-refractivity contribution in [2.45, 2.75) is 37.6 Å². The molecule has 2 aliphatic heterocycles. The number of aromatic amines is 1. The van der Waals surface area contributed by atoms with Crippen molar-refractivity contribution in [2.24, 2.45) is 0 Å². The summed E-state index contributed by atoms with van der Waals surface area (Å²) in [5.41, 5.74) is 2.93. The van der Waals surface area contributed by atoms with E-state index in [1.807, 2.05) is 19.1 Å². The van der Waals surface area contributed by atoms with Gasteiger partial charge in [0.05, 0.1) is 5.69 Å². The maximum atomic E-state index is 13.8. The first kappa shape index (κ1) is 18.9. The summed E-state index contributed by atoms with van der Waals surface area (Å²) in [7, 11) is 0. The molecular weight excluding hydrogens is 435 g/mol. The molecule has 3 aliphatic rings. The lowest BCUT2D eigenvalue weighted by Crippen LogP contribution is -2.51. The minimum absolute atomic E-state index is 0.136. The molecule has 0 saturated heterocycles. The molecule has 3 heterocycles. The minimum Gasteiger partial charge on any atom is -0.323 e. The Balaban J connectivity index is 1.73. The van der Waals surface area contributed by atoms with E-state index in [1.165, 1.54) is 0 Å². The summed E-state index contributed by atoms with van der Waals surface area (Å²) in [5, 5.41) is 11.4. The quantitative estimate of drug-likeness (QED) is 0.578. The highest BCUT2D eigenvalue weighted by molar-refractivity contribution is 6.32. The Morgan fingerprint density at radius 3 is 2.52 bits per heavy atom. The van der Waals surface area contributed by atoms with E-state index >= 15 is 0 Å². The van der Waals surface area contributed by atoms with Crippen LogP contribution in [0.1, 0.15) is 52.6 Å². The van der Waals surface area contributed by atoms with Crippen molar-refractivity contribution in [1.82, 2.24) is 10.2 Å². The minimum atomic E-state index is -1.38. The number of carbonyl (C=O) groups excluding carboxylic acids is 2. The third kappa shape index (κ3) is 2.27. The summed E-state index contributed by atoms with van der Waals surface area (Å²) in [6.45, 7) is 4.02. The lowest BCUT2D eigenvalue weighted by Gasteiger charge is -2.36. The maximum absolute atomic E-state index is 13.8. The molecule has 31 heavy (non-hydrogen) atoms. The van der Waals surface area contributed by atoms with Crippen LogP contribution in [0.2, 0.25) is 10.0 Å². The lowest BCUT2D eigenvalue weighted by atomic mass is 9.80. The van der Waals surface area contributed by atoms with E-state index in [0.29, 0.717) is 32.5 Å². The Morgan fingerprint density at radius 2 is 1.77 bits per heavy atom. The number of amides is 2. The van der Waals surface area contributed by atoms with Crippen molar-refractivity contribution < 1.29 is 9.59 Å². The Morgan fingerprint density at radius 1 is 1.06 bits per heavy atom. The van der Waals surface area contributed by atoms with Gasteiger partial charge in [-0.15, -0.1) is 0 Å². The first-order chi connectivity index (χ1) is 14.8. The van der Waals surface area contributed by atoms with Crippen LogP contribution in [0.4, 0.5) is 11.4 Å². The normalized spacial score (nSPS) is 22.6. The SMILES string of the molecule is Cc1ccc(Cl)cc1N1C(=O)c2n[nH]c(C3(C)CC3)c2C12C(=O)Nc1cc(Cl)ccc12. The smallest absolute Gasteiger partial charge is 0.280 e. The van der Waals surface area contributed by atoms with Crippen LogP contribution >= 0.6 is 23.2 Å². The predicted octanol–water partition coefficient (Wildman–Crippen LogP) is 4.93. The van der Waals surface area contributed by atoms with E-state index in [9.17, 15) is 9.59 Å². The van der Waals surface area contributed by atoms with E-state index in [-0.39, 0.29) is 22.9 Å². The summed E-state index contributed by atoms with van der Waals surface area (Å²) < 4.78 is 0. The van der Waals surface area contributed by atoms with E-state index in [2.05, 4.69) is 22.4 Å². The predicted molar refractivity (Wildman–Crippen MR) is 119 cm³/mol. The molecule has 2 N–H and O–H groups in total. The molecule has 0 radical (unpaired) electrons. The number of aryl methyl sites for hydroxylation is 1. The molecule has 2 amide bonds. The highest BCUT2D eigenvalue weighted by Crippen LogP contribution is 2.58. The van der Waals surface area contributed by atoms with Crippen molar-refractivity contribution in [1.29, 1.82) is 0 Å². The van der Waals surface area contributed by atoms with Crippen LogP contribution in [0.25, 0.3) is 0 Å². The molecule has 1 spiro atoms. The average molecular weight is 453 g/mol. The van der Waals surface area contributed by atoms with E-state index < -0.39 is 5.54 Å². The van der Waals surface area contributed by atoms with Gasteiger partial charge in [-0.25, -0.2) is 0 Å². The molecule has 156 valence electrons. The fraction of sp³-hybridized carbons (Fsp3) is 0.261. The molecule has 3 aromatic rings. The number of rotatable bonds is 2. The van der Waals surface area contributed by atoms with Crippen LogP contribution in [0.3, 0.4) is 0 Å². The zero-order chi connectivity index (χ0) is 21.7. The summed E-state index contributed by atoms with van der Waals surface area (Å²) >= 11 is 12.5. The number of carbonyl (C=O) groups is 2. The van der Waals surface area contributed by atoms with Gasteiger partial charge in [0.25, 0.3) is 11.8 Å². The molecule has 6 rings (SSSR count). The largest absolute Gasteiger partial charge is 0.323 e. The number of benzene rings is 2. The van der Waals surface area contributed by atoms with Gasteiger partial charge < -0.3 is 5.32 Å². The first-order valence-corrected chi connectivity index (χ1v) is 10.8. The van der Waals surface area contributed by atoms with Crippen LogP contribution in [-0.2, 0) is 15.7 Å². The maximum Gasteiger partial charge on any atom is 0.280 e. The van der Waals surface area contributed by atoms with Crippen LogP contribution in [-0.4, -0.2) is 22.0 Å². The van der Waals surface area contributed by atoms with Gasteiger partial charge in [0.15, 0.2) is 11.2 Å². The Bertz CT molecular complexity index is 1330. The van der Waals surface area contributed by atoms with Gasteiger partial charge in [0.2, 0.25) is 0 Å². The van der Waals surface area contributed by atoms with Crippen molar-refractivity contribution in [2.75, 3.05) is 10.2 Å². The Hall–Kier alpha value is -2.83. The number of halogens is 2. The van der Waals surface area contributed by atoms with Crippen molar-refractivity contribution >= 4 is 46.4 Å². The molecule has 6 nitrogen and oxygen atoms in total. The topological polar surface area (TPSA) is 78.1 Å². The Kier molecular flexibility index (Phi) is 3.60. The number of fused-ring (bicyclic) bond motifs is 4. The summed E-state index contributed by atoms with van der Waals surface area (Å²) in [6.07, 6.45) is 1.94. The molecule has 0 bridgehead atoms. The number of hydrogen-bond donors (Lipinski definition) is 2. The third-order valence-electron chi connectivity index (χ3n) is 6.83. The van der Waals surface area contributed by atoms with Gasteiger partial charge >= 0.3 is 0 Å². The van der Waals surface area contributed by atoms with E-state index in [1.54, 1.807) is 29.2 Å². The molecule has 1 fully saturated rings. The molecule has 1 aliphatic carbocycles. The number of H-pyrrole nitrogens is 1. The van der Waals surface area contributed by atoms with Gasteiger partial charge in [0, 0.05) is 38.0 Å². The van der Waals surface area contributed by atoms with Crippen molar-refractivity contribution in [3.05, 3.63) is 74.5 Å². The number of anilines is 2.